The highest BCUT2D eigenvalue weighted by atomic mass is 35.5. The van der Waals surface area contributed by atoms with E-state index in [0.29, 0.717) is 18.0 Å². The maximum absolute atomic E-state index is 12.9. The van der Waals surface area contributed by atoms with E-state index in [2.05, 4.69) is 10.6 Å². The van der Waals surface area contributed by atoms with Gasteiger partial charge < -0.3 is 15.5 Å². The number of piperidine rings is 1. The smallest absolute Gasteiger partial charge is 0.251 e. The summed E-state index contributed by atoms with van der Waals surface area (Å²) in [5.74, 6) is 0.718. The van der Waals surface area contributed by atoms with E-state index in [1.807, 2.05) is 43.3 Å². The van der Waals surface area contributed by atoms with E-state index < -0.39 is 6.04 Å². The Balaban J connectivity index is 0.00000338. The van der Waals surface area contributed by atoms with Gasteiger partial charge in [-0.15, -0.1) is 12.4 Å². The summed E-state index contributed by atoms with van der Waals surface area (Å²) in [5.41, 5.74) is 1.64. The van der Waals surface area contributed by atoms with Crippen LogP contribution in [0.3, 0.4) is 0 Å². The Bertz CT molecular complexity index is 592. The summed E-state index contributed by atoms with van der Waals surface area (Å²) in [6.07, 6.45) is 4.60. The second kappa shape index (κ2) is 11.5. The molecule has 0 spiro atoms. The summed E-state index contributed by atoms with van der Waals surface area (Å²) in [7, 11) is 1.96. The number of aryl methyl sites for hydroxylation is 1. The van der Waals surface area contributed by atoms with Crippen LogP contribution in [-0.2, 0) is 4.79 Å². The maximum atomic E-state index is 12.9. The van der Waals surface area contributed by atoms with Crippen LogP contribution < -0.4 is 10.6 Å². The zero-order chi connectivity index (χ0) is 18.2. The molecule has 1 heterocycles. The first-order chi connectivity index (χ1) is 12.0. The van der Waals surface area contributed by atoms with Gasteiger partial charge in [-0.3, -0.25) is 9.59 Å². The van der Waals surface area contributed by atoms with Crippen LogP contribution in [-0.4, -0.2) is 60.9 Å². The first-order valence-corrected chi connectivity index (χ1v) is 10.3. The summed E-state index contributed by atoms with van der Waals surface area (Å²) in [5, 5.41) is 6.23. The number of nitrogens with zero attached hydrogens (tertiary/aromatic N) is 1. The Hall–Kier alpha value is -1.24. The van der Waals surface area contributed by atoms with Crippen LogP contribution >= 0.6 is 24.2 Å². The molecule has 0 radical (unpaired) electrons. The van der Waals surface area contributed by atoms with Crippen LogP contribution in [0.5, 0.6) is 0 Å². The van der Waals surface area contributed by atoms with Gasteiger partial charge in [-0.2, -0.15) is 11.8 Å². The van der Waals surface area contributed by atoms with Crippen molar-refractivity contribution in [3.63, 3.8) is 0 Å². The molecule has 1 aliphatic rings. The molecule has 2 rings (SSSR count). The molecule has 0 saturated carbocycles. The Kier molecular flexibility index (Phi) is 10.1. The van der Waals surface area contributed by atoms with Gasteiger partial charge >= 0.3 is 0 Å². The molecule has 0 aromatic heterocycles. The minimum Gasteiger partial charge on any atom is -0.341 e. The third kappa shape index (κ3) is 6.49. The van der Waals surface area contributed by atoms with Crippen molar-refractivity contribution in [2.24, 2.45) is 0 Å². The van der Waals surface area contributed by atoms with Gasteiger partial charge in [-0.25, -0.2) is 0 Å². The quantitative estimate of drug-likeness (QED) is 0.739. The number of hydrogen-bond acceptors (Lipinski definition) is 4. The molecule has 5 nitrogen and oxygen atoms in total. The molecule has 1 saturated heterocycles. The monoisotopic (exact) mass is 399 g/mol. The number of hydrogen-bond donors (Lipinski definition) is 2. The number of carbonyl (C=O) groups is 2. The van der Waals surface area contributed by atoms with E-state index >= 15 is 0 Å². The molecule has 0 aliphatic carbocycles. The van der Waals surface area contributed by atoms with Crippen LogP contribution in [0, 0.1) is 6.92 Å². The van der Waals surface area contributed by atoms with Crippen LogP contribution in [0.1, 0.15) is 35.2 Å². The largest absolute Gasteiger partial charge is 0.341 e. The predicted octanol–water partition coefficient (Wildman–Crippen LogP) is 2.48. The number of amides is 2. The van der Waals surface area contributed by atoms with Crippen LogP contribution in [0.25, 0.3) is 0 Å². The highest BCUT2D eigenvalue weighted by molar-refractivity contribution is 7.98. The molecule has 26 heavy (non-hydrogen) atoms. The molecular weight excluding hydrogens is 370 g/mol. The molecule has 1 aromatic carbocycles. The average Bonchev–Trinajstić information content (AvgIpc) is 2.64. The maximum Gasteiger partial charge on any atom is 0.251 e. The summed E-state index contributed by atoms with van der Waals surface area (Å²) >= 11 is 1.69. The van der Waals surface area contributed by atoms with Gasteiger partial charge in [-0.05, 0) is 57.4 Å². The fourth-order valence-corrected chi connectivity index (χ4v) is 3.60. The molecule has 1 unspecified atom stereocenters. The minimum atomic E-state index is -0.452. The highest BCUT2D eigenvalue weighted by Crippen LogP contribution is 2.14. The normalized spacial score (nSPS) is 15.9. The zero-order valence-corrected chi connectivity index (χ0v) is 17.4. The molecular formula is C19H30ClN3O2S. The van der Waals surface area contributed by atoms with Gasteiger partial charge in [0.15, 0.2) is 0 Å². The average molecular weight is 400 g/mol. The van der Waals surface area contributed by atoms with Gasteiger partial charge in [0.2, 0.25) is 5.91 Å². The van der Waals surface area contributed by atoms with E-state index in [1.54, 1.807) is 17.8 Å². The van der Waals surface area contributed by atoms with Crippen LogP contribution in [0.2, 0.25) is 0 Å². The third-order valence-electron chi connectivity index (χ3n) is 4.71. The van der Waals surface area contributed by atoms with Crippen molar-refractivity contribution in [3.8, 4) is 0 Å². The van der Waals surface area contributed by atoms with Crippen molar-refractivity contribution in [2.75, 3.05) is 32.1 Å². The summed E-state index contributed by atoms with van der Waals surface area (Å²) in [4.78, 5) is 27.4. The van der Waals surface area contributed by atoms with E-state index in [1.165, 1.54) is 0 Å². The SMILES string of the molecule is CNC1CCN(C(=O)C(CCSC)NC(=O)c2cccc(C)c2)CC1.Cl. The van der Waals surface area contributed by atoms with Crippen molar-refractivity contribution >= 4 is 36.0 Å². The Morgan fingerprint density at radius 2 is 2.00 bits per heavy atom. The van der Waals surface area contributed by atoms with Gasteiger partial charge in [0.25, 0.3) is 5.91 Å². The number of benzene rings is 1. The van der Waals surface area contributed by atoms with Crippen molar-refractivity contribution in [1.29, 1.82) is 0 Å². The van der Waals surface area contributed by atoms with Crippen molar-refractivity contribution in [3.05, 3.63) is 35.4 Å². The lowest BCUT2D eigenvalue weighted by Gasteiger charge is -2.34. The van der Waals surface area contributed by atoms with E-state index in [9.17, 15) is 9.59 Å². The zero-order valence-electron chi connectivity index (χ0n) is 15.8. The van der Waals surface area contributed by atoms with Gasteiger partial charge in [-0.1, -0.05) is 17.7 Å². The summed E-state index contributed by atoms with van der Waals surface area (Å²) in [6.45, 7) is 3.46. The van der Waals surface area contributed by atoms with Crippen molar-refractivity contribution in [2.45, 2.75) is 38.3 Å². The number of carbonyl (C=O) groups excluding carboxylic acids is 2. The van der Waals surface area contributed by atoms with Crippen LogP contribution in [0.15, 0.2) is 24.3 Å². The first kappa shape index (κ1) is 22.8. The fourth-order valence-electron chi connectivity index (χ4n) is 3.13. The van der Waals surface area contributed by atoms with Gasteiger partial charge in [0, 0.05) is 24.7 Å². The third-order valence-corrected chi connectivity index (χ3v) is 5.35. The van der Waals surface area contributed by atoms with Crippen molar-refractivity contribution < 1.29 is 9.59 Å². The molecule has 1 atom stereocenters. The molecule has 1 aromatic rings. The summed E-state index contributed by atoms with van der Waals surface area (Å²) in [6, 6.07) is 7.49. The van der Waals surface area contributed by atoms with E-state index in [-0.39, 0.29) is 24.2 Å². The molecule has 7 heteroatoms. The molecule has 0 bridgehead atoms. The highest BCUT2D eigenvalue weighted by Gasteiger charge is 2.28. The molecule has 146 valence electrons. The lowest BCUT2D eigenvalue weighted by molar-refractivity contribution is -0.134. The first-order valence-electron chi connectivity index (χ1n) is 8.87. The number of likely N-dealkylation sites (tertiary alicyclic amines) is 1. The summed E-state index contributed by atoms with van der Waals surface area (Å²) < 4.78 is 0. The number of thioether (sulfide) groups is 1. The van der Waals surface area contributed by atoms with Gasteiger partial charge in [0.1, 0.15) is 6.04 Å². The van der Waals surface area contributed by atoms with Gasteiger partial charge in [0.05, 0.1) is 0 Å². The Morgan fingerprint density at radius 1 is 1.31 bits per heavy atom. The second-order valence-electron chi connectivity index (χ2n) is 6.57. The molecule has 2 N–H and O–H groups in total. The standard InChI is InChI=1S/C19H29N3O2S.ClH/c1-14-5-4-6-15(13-14)18(23)21-17(9-12-25-3)19(24)22-10-7-16(20-2)8-11-22;/h4-6,13,16-17,20H,7-12H2,1-3H3,(H,21,23);1H. The second-order valence-corrected chi connectivity index (χ2v) is 7.55. The Morgan fingerprint density at radius 3 is 2.58 bits per heavy atom. The molecule has 1 aliphatic heterocycles. The number of halogens is 1. The van der Waals surface area contributed by atoms with Crippen LogP contribution in [0.4, 0.5) is 0 Å². The lowest BCUT2D eigenvalue weighted by atomic mass is 10.0. The lowest BCUT2D eigenvalue weighted by Crippen LogP contribution is -2.52. The number of nitrogens with one attached hydrogen (secondary N) is 2. The van der Waals surface area contributed by atoms with E-state index in [4.69, 9.17) is 0 Å². The topological polar surface area (TPSA) is 61.4 Å². The minimum absolute atomic E-state index is 0. The molecule has 1 fully saturated rings. The Labute approximate surface area is 167 Å². The molecule has 2 amide bonds. The predicted molar refractivity (Wildman–Crippen MR) is 111 cm³/mol. The van der Waals surface area contributed by atoms with E-state index in [0.717, 1.165) is 37.2 Å². The fraction of sp³-hybridized carbons (Fsp3) is 0.579. The van der Waals surface area contributed by atoms with Crippen molar-refractivity contribution in [1.82, 2.24) is 15.5 Å². The number of rotatable bonds is 7.